The molecule has 0 saturated heterocycles. The molecule has 28 heavy (non-hydrogen) atoms. The highest BCUT2D eigenvalue weighted by Crippen LogP contribution is 2.31. The molecule has 0 aliphatic carbocycles. The summed E-state index contributed by atoms with van der Waals surface area (Å²) in [5, 5.41) is 13.2. The first-order valence-electron chi connectivity index (χ1n) is 8.00. The van der Waals surface area contributed by atoms with Crippen LogP contribution >= 0.6 is 46.6 Å². The summed E-state index contributed by atoms with van der Waals surface area (Å²) >= 11 is 19.4. The number of ether oxygens (including phenoxy) is 1. The second-order valence-electron chi connectivity index (χ2n) is 5.67. The van der Waals surface area contributed by atoms with Gasteiger partial charge in [0.05, 0.1) is 23.6 Å². The molecule has 0 saturated carbocycles. The third kappa shape index (κ3) is 4.72. The van der Waals surface area contributed by atoms with Gasteiger partial charge in [0.2, 0.25) is 5.91 Å². The Morgan fingerprint density at radius 3 is 2.57 bits per heavy atom. The van der Waals surface area contributed by atoms with Gasteiger partial charge in [-0.1, -0.05) is 46.6 Å². The summed E-state index contributed by atoms with van der Waals surface area (Å²) in [5.41, 5.74) is 1.22. The molecule has 0 fully saturated rings. The van der Waals surface area contributed by atoms with Crippen LogP contribution in [0.3, 0.4) is 0 Å². The number of rotatable bonds is 6. The lowest BCUT2D eigenvalue weighted by atomic mass is 10.2. The van der Waals surface area contributed by atoms with Crippen molar-refractivity contribution in [3.63, 3.8) is 0 Å². The predicted molar refractivity (Wildman–Crippen MR) is 114 cm³/mol. The summed E-state index contributed by atoms with van der Waals surface area (Å²) in [4.78, 5) is 12.3. The molecule has 1 heterocycles. The zero-order chi connectivity index (χ0) is 20.3. The van der Waals surface area contributed by atoms with Crippen LogP contribution in [0.1, 0.15) is 0 Å². The second-order valence-corrected chi connectivity index (χ2v) is 7.89. The molecule has 0 spiro atoms. The molecule has 146 valence electrons. The number of methoxy groups -OCH3 is 1. The number of halogens is 3. The van der Waals surface area contributed by atoms with Crippen LogP contribution < -0.4 is 10.1 Å². The van der Waals surface area contributed by atoms with E-state index in [9.17, 15) is 4.79 Å². The molecule has 0 atom stereocenters. The summed E-state index contributed by atoms with van der Waals surface area (Å²) in [7, 11) is 3.33. The molecule has 3 aromatic rings. The van der Waals surface area contributed by atoms with Gasteiger partial charge in [-0.2, -0.15) is 0 Å². The van der Waals surface area contributed by atoms with Gasteiger partial charge in [0.15, 0.2) is 11.0 Å². The minimum Gasteiger partial charge on any atom is -0.495 e. The number of anilines is 1. The summed E-state index contributed by atoms with van der Waals surface area (Å²) in [6.07, 6.45) is 0. The lowest BCUT2D eigenvalue weighted by Crippen LogP contribution is -2.15. The standard InChI is InChI=1S/C18H15Cl3N4O2S/c1-25-17(12-5-3-10(19)7-13(12)21)23-24-18(25)28-9-16(26)22-14-8-11(20)4-6-15(14)27-2/h3-8H,9H2,1-2H3,(H,22,26). The summed E-state index contributed by atoms with van der Waals surface area (Å²) < 4.78 is 7.00. The number of nitrogens with one attached hydrogen (secondary N) is 1. The van der Waals surface area contributed by atoms with Gasteiger partial charge in [0.25, 0.3) is 0 Å². The van der Waals surface area contributed by atoms with Crippen molar-refractivity contribution in [2.24, 2.45) is 7.05 Å². The summed E-state index contributed by atoms with van der Waals surface area (Å²) in [6.45, 7) is 0. The Labute approximate surface area is 181 Å². The van der Waals surface area contributed by atoms with Gasteiger partial charge < -0.3 is 14.6 Å². The average molecular weight is 458 g/mol. The highest BCUT2D eigenvalue weighted by molar-refractivity contribution is 7.99. The molecule has 0 aliphatic rings. The molecular formula is C18H15Cl3N4O2S. The van der Waals surface area contributed by atoms with Crippen molar-refractivity contribution in [3.05, 3.63) is 51.5 Å². The van der Waals surface area contributed by atoms with Crippen molar-refractivity contribution >= 4 is 58.2 Å². The average Bonchev–Trinajstić information content (AvgIpc) is 3.01. The van der Waals surface area contributed by atoms with Crippen molar-refractivity contribution in [3.8, 4) is 17.1 Å². The maximum atomic E-state index is 12.3. The third-order valence-electron chi connectivity index (χ3n) is 3.77. The lowest BCUT2D eigenvalue weighted by molar-refractivity contribution is -0.113. The number of carbonyl (C=O) groups excluding carboxylic acids is 1. The number of nitrogens with zero attached hydrogens (tertiary/aromatic N) is 3. The first-order valence-corrected chi connectivity index (χ1v) is 10.1. The normalized spacial score (nSPS) is 10.8. The molecule has 2 aromatic carbocycles. The molecule has 0 unspecified atom stereocenters. The van der Waals surface area contributed by atoms with E-state index in [1.807, 2.05) is 0 Å². The van der Waals surface area contributed by atoms with Gasteiger partial charge in [-0.3, -0.25) is 4.79 Å². The number of benzene rings is 2. The SMILES string of the molecule is COc1ccc(Cl)cc1NC(=O)CSc1nnc(-c2ccc(Cl)cc2Cl)n1C. The van der Waals surface area contributed by atoms with Crippen LogP contribution in [0.25, 0.3) is 11.4 Å². The topological polar surface area (TPSA) is 69.0 Å². The fourth-order valence-corrected chi connectivity index (χ4v) is 3.82. The minimum atomic E-state index is -0.223. The van der Waals surface area contributed by atoms with E-state index in [-0.39, 0.29) is 11.7 Å². The Kier molecular flexibility index (Phi) is 6.72. The van der Waals surface area contributed by atoms with Crippen molar-refractivity contribution in [1.29, 1.82) is 0 Å². The Morgan fingerprint density at radius 2 is 1.86 bits per heavy atom. The van der Waals surface area contributed by atoms with Crippen LogP contribution in [0.15, 0.2) is 41.6 Å². The van der Waals surface area contributed by atoms with Crippen molar-refractivity contribution in [2.75, 3.05) is 18.2 Å². The predicted octanol–water partition coefficient (Wildman–Crippen LogP) is 5.18. The monoisotopic (exact) mass is 456 g/mol. The number of hydrogen-bond acceptors (Lipinski definition) is 5. The van der Waals surface area contributed by atoms with Gasteiger partial charge in [-0.25, -0.2) is 0 Å². The second kappa shape index (κ2) is 9.05. The molecule has 6 nitrogen and oxygen atoms in total. The Morgan fingerprint density at radius 1 is 1.14 bits per heavy atom. The lowest BCUT2D eigenvalue weighted by Gasteiger charge is -2.10. The van der Waals surface area contributed by atoms with Crippen LogP contribution in [-0.4, -0.2) is 33.5 Å². The first-order chi connectivity index (χ1) is 13.4. The van der Waals surface area contributed by atoms with E-state index in [1.54, 1.807) is 48.0 Å². The van der Waals surface area contributed by atoms with Crippen LogP contribution in [0.4, 0.5) is 5.69 Å². The maximum absolute atomic E-state index is 12.3. The highest BCUT2D eigenvalue weighted by atomic mass is 35.5. The van der Waals surface area contributed by atoms with Crippen LogP contribution in [-0.2, 0) is 11.8 Å². The van der Waals surface area contributed by atoms with Crippen molar-refractivity contribution in [2.45, 2.75) is 5.16 Å². The molecule has 0 aliphatic heterocycles. The largest absolute Gasteiger partial charge is 0.495 e. The Bertz CT molecular complexity index is 1030. The van der Waals surface area contributed by atoms with E-state index in [1.165, 1.54) is 18.9 Å². The summed E-state index contributed by atoms with van der Waals surface area (Å²) in [5.74, 6) is 1.03. The fraction of sp³-hybridized carbons (Fsp3) is 0.167. The zero-order valence-electron chi connectivity index (χ0n) is 14.9. The zero-order valence-corrected chi connectivity index (χ0v) is 18.0. The fourth-order valence-electron chi connectivity index (χ4n) is 2.44. The summed E-state index contributed by atoms with van der Waals surface area (Å²) in [6, 6.07) is 10.2. The first kappa shape index (κ1) is 20.8. The van der Waals surface area contributed by atoms with Crippen LogP contribution in [0, 0.1) is 0 Å². The molecule has 0 bridgehead atoms. The smallest absolute Gasteiger partial charge is 0.234 e. The number of carbonyl (C=O) groups is 1. The maximum Gasteiger partial charge on any atom is 0.234 e. The minimum absolute atomic E-state index is 0.135. The van der Waals surface area contributed by atoms with Crippen molar-refractivity contribution in [1.82, 2.24) is 14.8 Å². The van der Waals surface area contributed by atoms with E-state index in [0.717, 1.165) is 0 Å². The van der Waals surface area contributed by atoms with E-state index in [4.69, 9.17) is 39.5 Å². The number of hydrogen-bond donors (Lipinski definition) is 1. The van der Waals surface area contributed by atoms with Gasteiger partial charge in [-0.05, 0) is 36.4 Å². The van der Waals surface area contributed by atoms with E-state index in [0.29, 0.717) is 43.0 Å². The molecule has 1 amide bonds. The quantitative estimate of drug-likeness (QED) is 0.516. The van der Waals surface area contributed by atoms with Gasteiger partial charge >= 0.3 is 0 Å². The Balaban J connectivity index is 1.69. The molecule has 1 N–H and O–H groups in total. The van der Waals surface area contributed by atoms with Crippen LogP contribution in [0.2, 0.25) is 15.1 Å². The van der Waals surface area contributed by atoms with Crippen molar-refractivity contribution < 1.29 is 9.53 Å². The number of aromatic nitrogens is 3. The van der Waals surface area contributed by atoms with Gasteiger partial charge in [0, 0.05) is 22.7 Å². The third-order valence-corrected chi connectivity index (χ3v) is 5.58. The van der Waals surface area contributed by atoms with Gasteiger partial charge in [0.1, 0.15) is 5.75 Å². The molecule has 10 heteroatoms. The molecular weight excluding hydrogens is 443 g/mol. The highest BCUT2D eigenvalue weighted by Gasteiger charge is 2.16. The van der Waals surface area contributed by atoms with E-state index >= 15 is 0 Å². The molecule has 3 rings (SSSR count). The van der Waals surface area contributed by atoms with Gasteiger partial charge in [-0.15, -0.1) is 10.2 Å². The van der Waals surface area contributed by atoms with E-state index in [2.05, 4.69) is 15.5 Å². The van der Waals surface area contributed by atoms with E-state index < -0.39 is 0 Å². The number of thioether (sulfide) groups is 1. The van der Waals surface area contributed by atoms with Crippen LogP contribution in [0.5, 0.6) is 5.75 Å². The molecule has 1 aromatic heterocycles. The Hall–Kier alpha value is -1.93. The molecule has 0 radical (unpaired) electrons. The number of amides is 1.